The van der Waals surface area contributed by atoms with Gasteiger partial charge in [-0.15, -0.1) is 0 Å². The van der Waals surface area contributed by atoms with Crippen molar-refractivity contribution in [2.45, 2.75) is 38.5 Å². The number of fused-ring (bicyclic) bond motifs is 1. The molecule has 0 radical (unpaired) electrons. The zero-order chi connectivity index (χ0) is 22.4. The molecule has 0 amide bonds. The monoisotopic (exact) mass is 448 g/mol. The highest BCUT2D eigenvalue weighted by molar-refractivity contribution is 5.78. The van der Waals surface area contributed by atoms with E-state index in [1.165, 1.54) is 0 Å². The number of aryl methyl sites for hydroxylation is 1. The van der Waals surface area contributed by atoms with Gasteiger partial charge in [-0.1, -0.05) is 0 Å². The molecule has 0 saturated carbocycles. The van der Waals surface area contributed by atoms with Gasteiger partial charge in [0, 0.05) is 38.7 Å². The van der Waals surface area contributed by atoms with Crippen molar-refractivity contribution in [3.05, 3.63) is 36.8 Å². The smallest absolute Gasteiger partial charge is 0.167 e. The van der Waals surface area contributed by atoms with E-state index in [2.05, 4.69) is 28.1 Å². The van der Waals surface area contributed by atoms with Crippen LogP contribution in [0.25, 0.3) is 28.3 Å². The molecule has 6 rings (SSSR count). The van der Waals surface area contributed by atoms with Crippen molar-refractivity contribution in [3.63, 3.8) is 0 Å². The first-order valence-corrected chi connectivity index (χ1v) is 11.6. The molecule has 4 aromatic rings. The summed E-state index contributed by atoms with van der Waals surface area (Å²) >= 11 is 0. The van der Waals surface area contributed by atoms with Crippen LogP contribution in [0.2, 0.25) is 0 Å². The van der Waals surface area contributed by atoms with Gasteiger partial charge in [-0.3, -0.25) is 4.68 Å². The molecular formula is C23H28N8O2. The molecule has 10 heteroatoms. The highest BCUT2D eigenvalue weighted by Gasteiger charge is 2.26. The molecule has 2 aliphatic rings. The molecule has 0 spiro atoms. The van der Waals surface area contributed by atoms with Gasteiger partial charge in [0.2, 0.25) is 0 Å². The van der Waals surface area contributed by atoms with Crippen LogP contribution in [0.5, 0.6) is 0 Å². The fraction of sp³-hybridized carbons (Fsp3) is 0.478. The molecule has 0 aliphatic carbocycles. The Labute approximate surface area is 191 Å². The Hall–Kier alpha value is -3.24. The summed E-state index contributed by atoms with van der Waals surface area (Å²) in [5.41, 5.74) is 4.61. The number of hydrogen-bond acceptors (Lipinski definition) is 7. The van der Waals surface area contributed by atoms with Crippen LogP contribution in [0, 0.1) is 0 Å². The fourth-order valence-corrected chi connectivity index (χ4v) is 4.83. The molecule has 1 unspecified atom stereocenters. The molecule has 10 nitrogen and oxygen atoms in total. The van der Waals surface area contributed by atoms with E-state index < -0.39 is 0 Å². The van der Waals surface area contributed by atoms with Crippen molar-refractivity contribution in [2.75, 3.05) is 31.3 Å². The van der Waals surface area contributed by atoms with Crippen molar-refractivity contribution in [3.8, 4) is 22.6 Å². The topological polar surface area (TPSA) is 87.5 Å². The summed E-state index contributed by atoms with van der Waals surface area (Å²) in [6, 6.07) is 6.36. The molecule has 0 N–H and O–H groups in total. The predicted molar refractivity (Wildman–Crippen MR) is 123 cm³/mol. The Morgan fingerprint density at radius 1 is 1.00 bits per heavy atom. The zero-order valence-corrected chi connectivity index (χ0v) is 19.0. The van der Waals surface area contributed by atoms with Crippen LogP contribution in [0.3, 0.4) is 0 Å². The first kappa shape index (κ1) is 20.4. The third kappa shape index (κ3) is 3.50. The van der Waals surface area contributed by atoms with Crippen LogP contribution in [-0.4, -0.2) is 66.6 Å². The van der Waals surface area contributed by atoms with E-state index in [0.717, 1.165) is 66.5 Å². The Bertz CT molecular complexity index is 1270. The van der Waals surface area contributed by atoms with Gasteiger partial charge in [0.25, 0.3) is 0 Å². The molecule has 2 atom stereocenters. The highest BCUT2D eigenvalue weighted by atomic mass is 16.5. The fourth-order valence-electron chi connectivity index (χ4n) is 4.83. The first-order valence-electron chi connectivity index (χ1n) is 11.6. The summed E-state index contributed by atoms with van der Waals surface area (Å²) in [6.45, 7) is 5.11. The van der Waals surface area contributed by atoms with Gasteiger partial charge in [-0.25, -0.2) is 14.2 Å². The van der Waals surface area contributed by atoms with Gasteiger partial charge in [-0.05, 0) is 38.3 Å². The number of rotatable bonds is 4. The molecule has 172 valence electrons. The maximum atomic E-state index is 6.02. The SMILES string of the molecule is C[C@@H]1COCCN1c1cc(-c2ccnn2C)n2ncc(-c3ccnn3C3CCCCO3)c2n1. The van der Waals surface area contributed by atoms with Crippen LogP contribution in [0.1, 0.15) is 32.4 Å². The van der Waals surface area contributed by atoms with Crippen molar-refractivity contribution in [2.24, 2.45) is 7.05 Å². The molecule has 2 aliphatic heterocycles. The third-order valence-corrected chi connectivity index (χ3v) is 6.58. The summed E-state index contributed by atoms with van der Waals surface area (Å²) < 4.78 is 17.4. The Kier molecular flexibility index (Phi) is 5.11. The van der Waals surface area contributed by atoms with Crippen LogP contribution < -0.4 is 4.90 Å². The van der Waals surface area contributed by atoms with Gasteiger partial charge < -0.3 is 14.4 Å². The van der Waals surface area contributed by atoms with Gasteiger partial charge in [0.15, 0.2) is 11.9 Å². The molecular weight excluding hydrogens is 420 g/mol. The minimum absolute atomic E-state index is 0.0577. The first-order chi connectivity index (χ1) is 16.2. The normalized spacial score (nSPS) is 21.7. The number of morpholine rings is 1. The Morgan fingerprint density at radius 3 is 2.67 bits per heavy atom. The predicted octanol–water partition coefficient (Wildman–Crippen LogP) is 2.92. The van der Waals surface area contributed by atoms with Crippen molar-refractivity contribution >= 4 is 11.5 Å². The van der Waals surface area contributed by atoms with E-state index in [1.807, 2.05) is 45.5 Å². The summed E-state index contributed by atoms with van der Waals surface area (Å²) in [7, 11) is 1.94. The minimum Gasteiger partial charge on any atom is -0.377 e. The summed E-state index contributed by atoms with van der Waals surface area (Å²) in [4.78, 5) is 7.42. The van der Waals surface area contributed by atoms with Crippen molar-refractivity contribution in [1.82, 2.24) is 34.2 Å². The summed E-state index contributed by atoms with van der Waals surface area (Å²) in [5, 5.41) is 13.7. The standard InChI is InChI=1S/C23H28N8O2/c1-16-15-32-12-10-29(16)21-13-20(19-7-8-24-28(19)2)31-23(27-21)17(14-26-31)18-6-9-25-30(18)22-5-3-4-11-33-22/h6-9,13-14,16,22H,3-5,10-12,15H2,1-2H3/t16-,22?/m1/s1. The lowest BCUT2D eigenvalue weighted by molar-refractivity contribution is -0.0383. The molecule has 2 fully saturated rings. The Morgan fingerprint density at radius 2 is 1.88 bits per heavy atom. The minimum atomic E-state index is -0.0577. The molecule has 33 heavy (non-hydrogen) atoms. The lowest BCUT2D eigenvalue weighted by Gasteiger charge is -2.34. The van der Waals surface area contributed by atoms with E-state index in [0.29, 0.717) is 13.2 Å². The Balaban J connectivity index is 1.53. The second-order valence-corrected chi connectivity index (χ2v) is 8.73. The van der Waals surface area contributed by atoms with E-state index in [4.69, 9.17) is 19.6 Å². The van der Waals surface area contributed by atoms with Crippen LogP contribution in [0.4, 0.5) is 5.82 Å². The third-order valence-electron chi connectivity index (χ3n) is 6.58. The van der Waals surface area contributed by atoms with E-state index >= 15 is 0 Å². The van der Waals surface area contributed by atoms with Crippen LogP contribution >= 0.6 is 0 Å². The molecule has 2 saturated heterocycles. The van der Waals surface area contributed by atoms with Gasteiger partial charge in [0.05, 0.1) is 48.1 Å². The number of aromatic nitrogens is 7. The van der Waals surface area contributed by atoms with Crippen molar-refractivity contribution < 1.29 is 9.47 Å². The highest BCUT2D eigenvalue weighted by Crippen LogP contribution is 2.33. The van der Waals surface area contributed by atoms with E-state index in [9.17, 15) is 0 Å². The second-order valence-electron chi connectivity index (χ2n) is 8.73. The molecule has 4 aromatic heterocycles. The molecule has 0 aromatic carbocycles. The maximum absolute atomic E-state index is 6.02. The quantitative estimate of drug-likeness (QED) is 0.474. The largest absolute Gasteiger partial charge is 0.377 e. The van der Waals surface area contributed by atoms with Crippen LogP contribution in [-0.2, 0) is 16.5 Å². The van der Waals surface area contributed by atoms with Gasteiger partial charge in [-0.2, -0.15) is 15.3 Å². The van der Waals surface area contributed by atoms with Gasteiger partial charge >= 0.3 is 0 Å². The lowest BCUT2D eigenvalue weighted by atomic mass is 10.1. The van der Waals surface area contributed by atoms with E-state index in [1.54, 1.807) is 6.20 Å². The molecule has 0 bridgehead atoms. The summed E-state index contributed by atoms with van der Waals surface area (Å²) in [5.74, 6) is 0.913. The second kappa shape index (κ2) is 8.27. The average Bonchev–Trinajstić information content (AvgIpc) is 3.58. The van der Waals surface area contributed by atoms with E-state index in [-0.39, 0.29) is 12.3 Å². The summed E-state index contributed by atoms with van der Waals surface area (Å²) in [6.07, 6.45) is 8.65. The molecule has 6 heterocycles. The number of nitrogens with zero attached hydrogens (tertiary/aromatic N) is 8. The van der Waals surface area contributed by atoms with Gasteiger partial charge in [0.1, 0.15) is 5.82 Å². The average molecular weight is 449 g/mol. The lowest BCUT2D eigenvalue weighted by Crippen LogP contribution is -2.44. The van der Waals surface area contributed by atoms with Crippen LogP contribution in [0.15, 0.2) is 36.8 Å². The number of ether oxygens (including phenoxy) is 2. The van der Waals surface area contributed by atoms with Crippen molar-refractivity contribution in [1.29, 1.82) is 0 Å². The maximum Gasteiger partial charge on any atom is 0.167 e. The number of hydrogen-bond donors (Lipinski definition) is 0. The zero-order valence-electron chi connectivity index (χ0n) is 19.0. The number of anilines is 1.